The Hall–Kier alpha value is -3.50. The second-order valence-electron chi connectivity index (χ2n) is 9.40. The van der Waals surface area contributed by atoms with Crippen LogP contribution in [0, 0.1) is 0 Å². The lowest BCUT2D eigenvalue weighted by Crippen LogP contribution is -2.41. The Labute approximate surface area is 217 Å². The van der Waals surface area contributed by atoms with Gasteiger partial charge in [-0.15, -0.1) is 0 Å². The highest BCUT2D eigenvalue weighted by molar-refractivity contribution is 6.26. The van der Waals surface area contributed by atoms with Crippen LogP contribution in [0.25, 0.3) is 10.8 Å². The van der Waals surface area contributed by atoms with Crippen LogP contribution in [0.4, 0.5) is 5.69 Å². The van der Waals surface area contributed by atoms with E-state index in [0.29, 0.717) is 55.8 Å². The summed E-state index contributed by atoms with van der Waals surface area (Å²) >= 11 is 0. The maximum atomic E-state index is 13.1. The van der Waals surface area contributed by atoms with Crippen molar-refractivity contribution in [2.75, 3.05) is 64.2 Å². The molecule has 4 amide bonds. The van der Waals surface area contributed by atoms with Gasteiger partial charge in [0, 0.05) is 86.5 Å². The maximum Gasteiger partial charge on any atom is 0.261 e. The van der Waals surface area contributed by atoms with Crippen molar-refractivity contribution in [2.45, 2.75) is 26.2 Å². The van der Waals surface area contributed by atoms with E-state index in [4.69, 9.17) is 0 Å². The molecule has 2 aromatic rings. The number of imide groups is 1. The van der Waals surface area contributed by atoms with Crippen molar-refractivity contribution < 1.29 is 19.2 Å². The fourth-order valence-electron chi connectivity index (χ4n) is 4.78. The molecular weight excluding hydrogens is 472 g/mol. The van der Waals surface area contributed by atoms with Crippen LogP contribution in [-0.2, 0) is 9.59 Å². The molecule has 4 rings (SSSR count). The standard InChI is InChI=1S/C27H36N6O4/c1-2-3-14-33-26(36)20-6-4-5-19-22(8-7-21(25(19)20)27(33)37)29-12-16-32-15-11-28-9-10-30-23(34)18-24(35)31-13-17-32/h4-8,28-29H,2-3,9-18H2,1H3,(H,30,34)(H,31,35). The Morgan fingerprint density at radius 3 is 2.35 bits per heavy atom. The van der Waals surface area contributed by atoms with Gasteiger partial charge in [-0.25, -0.2) is 0 Å². The van der Waals surface area contributed by atoms with Gasteiger partial charge in [0.15, 0.2) is 0 Å². The molecule has 0 saturated carbocycles. The van der Waals surface area contributed by atoms with Crippen LogP contribution < -0.4 is 21.3 Å². The van der Waals surface area contributed by atoms with E-state index in [1.165, 1.54) is 4.90 Å². The summed E-state index contributed by atoms with van der Waals surface area (Å²) < 4.78 is 0. The summed E-state index contributed by atoms with van der Waals surface area (Å²) in [6, 6.07) is 9.34. The van der Waals surface area contributed by atoms with Gasteiger partial charge >= 0.3 is 0 Å². The summed E-state index contributed by atoms with van der Waals surface area (Å²) in [4.78, 5) is 53.5. The topological polar surface area (TPSA) is 123 Å². The summed E-state index contributed by atoms with van der Waals surface area (Å²) in [7, 11) is 0. The van der Waals surface area contributed by atoms with Crippen molar-refractivity contribution in [3.05, 3.63) is 41.5 Å². The van der Waals surface area contributed by atoms with Crippen molar-refractivity contribution in [3.63, 3.8) is 0 Å². The molecule has 37 heavy (non-hydrogen) atoms. The number of nitrogens with zero attached hydrogens (tertiary/aromatic N) is 2. The van der Waals surface area contributed by atoms with Gasteiger partial charge in [0.25, 0.3) is 11.8 Å². The SMILES string of the molecule is CCCCN1C(=O)c2cccc3c(NCCN4CCNCCNC(=O)CC(=O)NCC4)ccc(c23)C1=O. The molecule has 0 aromatic heterocycles. The second kappa shape index (κ2) is 12.6. The Morgan fingerprint density at radius 1 is 0.838 bits per heavy atom. The number of carbonyl (C=O) groups excluding carboxylic acids is 4. The van der Waals surface area contributed by atoms with Gasteiger partial charge in [-0.2, -0.15) is 0 Å². The molecule has 2 aliphatic heterocycles. The van der Waals surface area contributed by atoms with Crippen LogP contribution in [0.2, 0.25) is 0 Å². The van der Waals surface area contributed by atoms with E-state index in [2.05, 4.69) is 26.2 Å². The van der Waals surface area contributed by atoms with Gasteiger partial charge in [0.1, 0.15) is 6.42 Å². The normalized spacial score (nSPS) is 18.0. The largest absolute Gasteiger partial charge is 0.383 e. The summed E-state index contributed by atoms with van der Waals surface area (Å²) in [6.07, 6.45) is 1.54. The minimum atomic E-state index is -0.274. The first kappa shape index (κ1) is 26.6. The fraction of sp³-hybridized carbons (Fsp3) is 0.481. The number of carbonyl (C=O) groups is 4. The quantitative estimate of drug-likeness (QED) is 0.327. The van der Waals surface area contributed by atoms with E-state index in [1.54, 1.807) is 6.07 Å². The third-order valence-electron chi connectivity index (χ3n) is 6.77. The first-order chi connectivity index (χ1) is 18.0. The molecule has 0 radical (unpaired) electrons. The van der Waals surface area contributed by atoms with E-state index in [-0.39, 0.29) is 30.0 Å². The predicted molar refractivity (Wildman–Crippen MR) is 143 cm³/mol. The molecule has 0 aliphatic carbocycles. The minimum absolute atomic E-state index is 0.159. The van der Waals surface area contributed by atoms with Crippen LogP contribution in [0.5, 0.6) is 0 Å². The van der Waals surface area contributed by atoms with Crippen molar-refractivity contribution in [3.8, 4) is 0 Å². The van der Waals surface area contributed by atoms with E-state index >= 15 is 0 Å². The summed E-state index contributed by atoms with van der Waals surface area (Å²) in [5, 5.41) is 13.9. The van der Waals surface area contributed by atoms with Gasteiger partial charge in [-0.3, -0.25) is 29.0 Å². The maximum absolute atomic E-state index is 13.1. The van der Waals surface area contributed by atoms with E-state index in [9.17, 15) is 19.2 Å². The molecule has 1 fully saturated rings. The number of rotatable bonds is 7. The number of benzene rings is 2. The molecule has 0 bridgehead atoms. The molecule has 0 atom stereocenters. The van der Waals surface area contributed by atoms with Crippen LogP contribution in [-0.4, -0.2) is 92.3 Å². The smallest absolute Gasteiger partial charge is 0.261 e. The molecule has 4 N–H and O–H groups in total. The fourth-order valence-corrected chi connectivity index (χ4v) is 4.78. The van der Waals surface area contributed by atoms with Crippen molar-refractivity contribution in [1.82, 2.24) is 25.8 Å². The number of hydrogen-bond acceptors (Lipinski definition) is 7. The third-order valence-corrected chi connectivity index (χ3v) is 6.77. The number of unbranched alkanes of at least 4 members (excludes halogenated alkanes) is 1. The van der Waals surface area contributed by atoms with Gasteiger partial charge < -0.3 is 21.3 Å². The molecule has 0 spiro atoms. The summed E-state index contributed by atoms with van der Waals surface area (Å²) in [6.45, 7) is 7.68. The monoisotopic (exact) mass is 508 g/mol. The molecule has 10 heteroatoms. The molecule has 2 heterocycles. The highest BCUT2D eigenvalue weighted by Gasteiger charge is 2.32. The van der Waals surface area contributed by atoms with E-state index in [1.807, 2.05) is 31.2 Å². The minimum Gasteiger partial charge on any atom is -0.383 e. The predicted octanol–water partition coefficient (Wildman–Crippen LogP) is 1.18. The number of hydrogen-bond donors (Lipinski definition) is 4. The molecule has 10 nitrogen and oxygen atoms in total. The lowest BCUT2D eigenvalue weighted by Gasteiger charge is -2.28. The zero-order valence-electron chi connectivity index (χ0n) is 21.4. The zero-order chi connectivity index (χ0) is 26.2. The Bertz CT molecular complexity index is 1140. The van der Waals surface area contributed by atoms with E-state index < -0.39 is 0 Å². The molecule has 2 aliphatic rings. The van der Waals surface area contributed by atoms with Gasteiger partial charge in [-0.05, 0) is 24.6 Å². The lowest BCUT2D eigenvalue weighted by atomic mass is 9.93. The molecule has 1 saturated heterocycles. The molecule has 198 valence electrons. The summed E-state index contributed by atoms with van der Waals surface area (Å²) in [5.41, 5.74) is 2.02. The molecule has 0 unspecified atom stereocenters. The Kier molecular flexibility index (Phi) is 9.08. The van der Waals surface area contributed by atoms with Crippen molar-refractivity contribution >= 4 is 40.1 Å². The van der Waals surface area contributed by atoms with Crippen molar-refractivity contribution in [2.24, 2.45) is 0 Å². The molecule has 2 aromatic carbocycles. The highest BCUT2D eigenvalue weighted by Crippen LogP contribution is 2.34. The zero-order valence-corrected chi connectivity index (χ0v) is 21.4. The average Bonchev–Trinajstić information content (AvgIpc) is 2.90. The third kappa shape index (κ3) is 6.44. The van der Waals surface area contributed by atoms with Gasteiger partial charge in [0.2, 0.25) is 11.8 Å². The summed E-state index contributed by atoms with van der Waals surface area (Å²) in [5.74, 6) is -0.993. The van der Waals surface area contributed by atoms with Crippen LogP contribution in [0.1, 0.15) is 46.9 Å². The molecular formula is C27H36N6O4. The van der Waals surface area contributed by atoms with Gasteiger partial charge in [0.05, 0.1) is 0 Å². The number of anilines is 1. The van der Waals surface area contributed by atoms with Crippen LogP contribution >= 0.6 is 0 Å². The number of amides is 4. The van der Waals surface area contributed by atoms with E-state index in [0.717, 1.165) is 43.5 Å². The average molecular weight is 509 g/mol. The first-order valence-corrected chi connectivity index (χ1v) is 13.1. The van der Waals surface area contributed by atoms with Crippen LogP contribution in [0.3, 0.4) is 0 Å². The number of nitrogens with one attached hydrogen (secondary N) is 4. The second-order valence-corrected chi connectivity index (χ2v) is 9.40. The lowest BCUT2D eigenvalue weighted by molar-refractivity contribution is -0.129. The Balaban J connectivity index is 1.42. The Morgan fingerprint density at radius 2 is 1.57 bits per heavy atom. The van der Waals surface area contributed by atoms with Crippen LogP contribution in [0.15, 0.2) is 30.3 Å². The van der Waals surface area contributed by atoms with Gasteiger partial charge in [-0.1, -0.05) is 25.5 Å². The highest BCUT2D eigenvalue weighted by atomic mass is 16.2. The van der Waals surface area contributed by atoms with Crippen molar-refractivity contribution in [1.29, 1.82) is 0 Å². The first-order valence-electron chi connectivity index (χ1n) is 13.1.